The zero-order chi connectivity index (χ0) is 18.5. The monoisotopic (exact) mass is 350 g/mol. The van der Waals surface area contributed by atoms with Gasteiger partial charge in [0.2, 0.25) is 0 Å². The van der Waals surface area contributed by atoms with Gasteiger partial charge in [-0.15, -0.1) is 0 Å². The molecule has 1 amide bonds. The van der Waals surface area contributed by atoms with Crippen molar-refractivity contribution < 1.29 is 13.9 Å². The van der Waals surface area contributed by atoms with Crippen LogP contribution in [0.1, 0.15) is 10.4 Å². The van der Waals surface area contributed by atoms with Crippen molar-refractivity contribution in [3.8, 4) is 5.75 Å². The predicted octanol–water partition coefficient (Wildman–Crippen LogP) is 4.85. The summed E-state index contributed by atoms with van der Waals surface area (Å²) in [6, 6.07) is 20.9. The molecule has 0 aliphatic carbocycles. The van der Waals surface area contributed by atoms with Crippen molar-refractivity contribution in [2.24, 2.45) is 0 Å². The van der Waals surface area contributed by atoms with Crippen LogP contribution >= 0.6 is 0 Å². The highest BCUT2D eigenvalue weighted by Gasteiger charge is 2.10. The largest absolute Gasteiger partial charge is 0.497 e. The number of anilines is 3. The molecule has 0 aliphatic heterocycles. The minimum Gasteiger partial charge on any atom is -0.497 e. The third-order valence-corrected chi connectivity index (χ3v) is 4.10. The van der Waals surface area contributed by atoms with Gasteiger partial charge in [-0.2, -0.15) is 0 Å². The van der Waals surface area contributed by atoms with Gasteiger partial charge in [-0.05, 0) is 60.7 Å². The molecule has 5 heteroatoms. The van der Waals surface area contributed by atoms with Gasteiger partial charge in [0.15, 0.2) is 0 Å². The van der Waals surface area contributed by atoms with Gasteiger partial charge in [0.1, 0.15) is 11.6 Å². The molecule has 0 aliphatic rings. The molecule has 4 nitrogen and oxygen atoms in total. The van der Waals surface area contributed by atoms with Crippen molar-refractivity contribution in [3.05, 3.63) is 84.2 Å². The standard InChI is InChI=1S/C21H19FN2O2/c1-24(17-11-13-18(26-2)14-12-17)16-9-7-15(8-10-16)21(25)23-20-6-4-3-5-19(20)22/h3-14H,1-2H3,(H,23,25). The molecule has 3 aromatic carbocycles. The maximum Gasteiger partial charge on any atom is 0.255 e. The van der Waals surface area contributed by atoms with Crippen molar-refractivity contribution >= 4 is 23.0 Å². The SMILES string of the molecule is COc1ccc(N(C)c2ccc(C(=O)Nc3ccccc3F)cc2)cc1. The summed E-state index contributed by atoms with van der Waals surface area (Å²) in [6.45, 7) is 0. The molecule has 0 radical (unpaired) electrons. The third-order valence-electron chi connectivity index (χ3n) is 4.10. The first-order valence-corrected chi connectivity index (χ1v) is 8.12. The molecular weight excluding hydrogens is 331 g/mol. The van der Waals surface area contributed by atoms with E-state index in [2.05, 4.69) is 5.32 Å². The minimum absolute atomic E-state index is 0.164. The molecule has 3 rings (SSSR count). The first-order valence-electron chi connectivity index (χ1n) is 8.12. The van der Waals surface area contributed by atoms with E-state index in [0.717, 1.165) is 17.1 Å². The van der Waals surface area contributed by atoms with Gasteiger partial charge in [-0.1, -0.05) is 12.1 Å². The molecular formula is C21H19FN2O2. The molecule has 132 valence electrons. The minimum atomic E-state index is -0.461. The predicted molar refractivity (Wildman–Crippen MR) is 102 cm³/mol. The smallest absolute Gasteiger partial charge is 0.255 e. The summed E-state index contributed by atoms with van der Waals surface area (Å²) in [5.41, 5.74) is 2.55. The summed E-state index contributed by atoms with van der Waals surface area (Å²) in [5, 5.41) is 2.58. The molecule has 0 unspecified atom stereocenters. The third kappa shape index (κ3) is 3.83. The first-order chi connectivity index (χ1) is 12.6. The Morgan fingerprint density at radius 1 is 0.923 bits per heavy atom. The van der Waals surface area contributed by atoms with Crippen molar-refractivity contribution in [1.82, 2.24) is 0 Å². The van der Waals surface area contributed by atoms with Gasteiger partial charge >= 0.3 is 0 Å². The summed E-state index contributed by atoms with van der Waals surface area (Å²) in [6.07, 6.45) is 0. The Labute approximate surface area is 151 Å². The molecule has 0 spiro atoms. The van der Waals surface area contributed by atoms with Crippen LogP contribution in [0.25, 0.3) is 0 Å². The van der Waals surface area contributed by atoms with Crippen LogP contribution in [-0.2, 0) is 0 Å². The van der Waals surface area contributed by atoms with Gasteiger partial charge in [-0.25, -0.2) is 4.39 Å². The maximum atomic E-state index is 13.6. The maximum absolute atomic E-state index is 13.6. The van der Waals surface area contributed by atoms with E-state index in [9.17, 15) is 9.18 Å². The number of halogens is 1. The Kier molecular flexibility index (Phi) is 5.17. The van der Waals surface area contributed by atoms with E-state index in [-0.39, 0.29) is 11.6 Å². The number of hydrogen-bond acceptors (Lipinski definition) is 3. The van der Waals surface area contributed by atoms with E-state index in [1.54, 1.807) is 31.4 Å². The number of amides is 1. The highest BCUT2D eigenvalue weighted by atomic mass is 19.1. The molecule has 0 fully saturated rings. The fourth-order valence-electron chi connectivity index (χ4n) is 2.55. The highest BCUT2D eigenvalue weighted by molar-refractivity contribution is 6.04. The second-order valence-corrected chi connectivity index (χ2v) is 5.74. The first kappa shape index (κ1) is 17.5. The fourth-order valence-corrected chi connectivity index (χ4v) is 2.55. The highest BCUT2D eigenvalue weighted by Crippen LogP contribution is 2.26. The molecule has 0 heterocycles. The Hall–Kier alpha value is -3.34. The zero-order valence-electron chi connectivity index (χ0n) is 14.6. The topological polar surface area (TPSA) is 41.6 Å². The van der Waals surface area contributed by atoms with Crippen molar-refractivity contribution in [1.29, 1.82) is 0 Å². The van der Waals surface area contributed by atoms with Crippen molar-refractivity contribution in [3.63, 3.8) is 0 Å². The molecule has 0 atom stereocenters. The normalized spacial score (nSPS) is 10.3. The molecule has 1 N–H and O–H groups in total. The quantitative estimate of drug-likeness (QED) is 0.715. The molecule has 3 aromatic rings. The van der Waals surface area contributed by atoms with E-state index in [0.29, 0.717) is 5.56 Å². The number of ether oxygens (including phenoxy) is 1. The van der Waals surface area contributed by atoms with Crippen LogP contribution in [0.3, 0.4) is 0 Å². The van der Waals surface area contributed by atoms with Gasteiger partial charge in [0, 0.05) is 24.0 Å². The molecule has 0 saturated carbocycles. The number of carbonyl (C=O) groups is 1. The Morgan fingerprint density at radius 3 is 2.08 bits per heavy atom. The summed E-state index contributed by atoms with van der Waals surface area (Å²) >= 11 is 0. The molecule has 0 saturated heterocycles. The van der Waals surface area contributed by atoms with Gasteiger partial charge in [0.25, 0.3) is 5.91 Å². The average molecular weight is 350 g/mol. The van der Waals surface area contributed by atoms with Gasteiger partial charge < -0.3 is 15.0 Å². The number of benzene rings is 3. The number of nitrogens with one attached hydrogen (secondary N) is 1. The summed E-state index contributed by atoms with van der Waals surface area (Å²) in [5.74, 6) is -0.0206. The number of nitrogens with zero attached hydrogens (tertiary/aromatic N) is 1. The van der Waals surface area contributed by atoms with Crippen LogP contribution in [0.15, 0.2) is 72.8 Å². The number of rotatable bonds is 5. The van der Waals surface area contributed by atoms with Gasteiger partial charge in [-0.3, -0.25) is 4.79 Å². The summed E-state index contributed by atoms with van der Waals surface area (Å²) in [4.78, 5) is 14.3. The van der Waals surface area contributed by atoms with E-state index in [1.807, 2.05) is 48.3 Å². The number of para-hydroxylation sites is 1. The van der Waals surface area contributed by atoms with E-state index < -0.39 is 5.82 Å². The molecule has 26 heavy (non-hydrogen) atoms. The second kappa shape index (κ2) is 7.70. The zero-order valence-corrected chi connectivity index (χ0v) is 14.6. The van der Waals surface area contributed by atoms with Crippen LogP contribution < -0.4 is 15.0 Å². The van der Waals surface area contributed by atoms with Crippen molar-refractivity contribution in [2.75, 3.05) is 24.4 Å². The van der Waals surface area contributed by atoms with Crippen LogP contribution in [0.5, 0.6) is 5.75 Å². The molecule has 0 bridgehead atoms. The number of carbonyl (C=O) groups excluding carboxylic acids is 1. The lowest BCUT2D eigenvalue weighted by Gasteiger charge is -2.20. The molecule has 0 aromatic heterocycles. The lowest BCUT2D eigenvalue weighted by Crippen LogP contribution is -2.14. The Morgan fingerprint density at radius 2 is 1.50 bits per heavy atom. The lowest BCUT2D eigenvalue weighted by atomic mass is 10.1. The fraction of sp³-hybridized carbons (Fsp3) is 0.0952. The van der Waals surface area contributed by atoms with Crippen molar-refractivity contribution in [2.45, 2.75) is 0 Å². The number of hydrogen-bond donors (Lipinski definition) is 1. The number of methoxy groups -OCH3 is 1. The Balaban J connectivity index is 1.73. The van der Waals surface area contributed by atoms with Crippen LogP contribution in [0, 0.1) is 5.82 Å². The Bertz CT molecular complexity index is 893. The average Bonchev–Trinajstić information content (AvgIpc) is 2.69. The van der Waals surface area contributed by atoms with Crippen LogP contribution in [0.2, 0.25) is 0 Å². The lowest BCUT2D eigenvalue weighted by molar-refractivity contribution is 0.102. The van der Waals surface area contributed by atoms with E-state index >= 15 is 0 Å². The van der Waals surface area contributed by atoms with Crippen LogP contribution in [0.4, 0.5) is 21.5 Å². The van der Waals surface area contributed by atoms with Crippen LogP contribution in [-0.4, -0.2) is 20.1 Å². The second-order valence-electron chi connectivity index (χ2n) is 5.74. The van der Waals surface area contributed by atoms with Gasteiger partial charge in [0.05, 0.1) is 12.8 Å². The summed E-state index contributed by atoms with van der Waals surface area (Å²) in [7, 11) is 3.57. The van der Waals surface area contributed by atoms with E-state index in [1.165, 1.54) is 12.1 Å². The van der Waals surface area contributed by atoms with E-state index in [4.69, 9.17) is 4.74 Å². The summed E-state index contributed by atoms with van der Waals surface area (Å²) < 4.78 is 18.8.